The van der Waals surface area contributed by atoms with Gasteiger partial charge >= 0.3 is 0 Å². The molecular weight excluding hydrogens is 116 g/mol. The lowest BCUT2D eigenvalue weighted by molar-refractivity contribution is 0.180. The second-order valence-electron chi connectivity index (χ2n) is 1.16. The van der Waals surface area contributed by atoms with Crippen LogP contribution in [0, 0.1) is 0 Å². The Balaban J connectivity index is 3.63. The number of β-amino-alcohol motifs (C(OH)–C–C–N with tert-alkyl or cyclic N) is 1. The van der Waals surface area contributed by atoms with Gasteiger partial charge in [-0.2, -0.15) is 0 Å². The van der Waals surface area contributed by atoms with E-state index in [4.69, 9.17) is 16.4 Å². The second-order valence-corrected chi connectivity index (χ2v) is 1.16. The minimum absolute atomic E-state index is 0.594. The Morgan fingerprint density at radius 1 is 1.67 bits per heavy atom. The molecule has 0 saturated carbocycles. The van der Waals surface area contributed by atoms with E-state index in [0.717, 1.165) is 0 Å². The zero-order valence-corrected chi connectivity index (χ0v) is 4.39. The van der Waals surface area contributed by atoms with Crippen LogP contribution in [0.1, 0.15) is 16.4 Å². The molecule has 0 spiro atoms. The predicted octanol–water partition coefficient (Wildman–Crippen LogP) is -1.12. The Kier molecular flexibility index (Phi) is 0.537. The molecular formula is C6H14N2O. The van der Waals surface area contributed by atoms with Gasteiger partial charge in [0.25, 0.3) is 0 Å². The fraction of sp³-hybridized carbons (Fsp3) is 1.00. The number of piperazine rings is 1. The van der Waals surface area contributed by atoms with Gasteiger partial charge < -0.3 is 10.4 Å². The first kappa shape index (κ1) is 1.26. The molecule has 1 saturated heterocycles. The van der Waals surface area contributed by atoms with E-state index in [9.17, 15) is 5.11 Å². The van der Waals surface area contributed by atoms with E-state index in [0.29, 0.717) is 0 Å². The van der Waals surface area contributed by atoms with E-state index in [-0.39, 0.29) is 0 Å². The average Bonchev–Trinajstić information content (AvgIpc) is 2.09. The molecule has 0 aromatic rings. The van der Waals surface area contributed by atoms with Crippen molar-refractivity contribution in [3.8, 4) is 0 Å². The summed E-state index contributed by atoms with van der Waals surface area (Å²) >= 11 is 0. The maximum absolute atomic E-state index is 9.22. The van der Waals surface area contributed by atoms with Gasteiger partial charge in [0.15, 0.2) is 0 Å². The molecule has 3 heteroatoms. The number of aliphatic hydroxyl groups is 1. The lowest BCUT2D eigenvalue weighted by atomic mass is 10.4. The highest BCUT2D eigenvalue weighted by Crippen LogP contribution is 1.88. The first-order valence-corrected chi connectivity index (χ1v) is 2.14. The van der Waals surface area contributed by atoms with Crippen LogP contribution in [0.15, 0.2) is 0 Å². The topological polar surface area (TPSA) is 35.5 Å². The molecule has 3 nitrogen and oxygen atoms in total. The van der Waals surface area contributed by atoms with Crippen LogP contribution in [0.25, 0.3) is 0 Å². The van der Waals surface area contributed by atoms with Crippen molar-refractivity contribution in [3.05, 3.63) is 0 Å². The molecule has 1 rings (SSSR count). The average molecular weight is 142 g/mol. The number of rotatable bonds is 2. The van der Waals surface area contributed by atoms with E-state index >= 15 is 0 Å². The van der Waals surface area contributed by atoms with Crippen molar-refractivity contribution in [3.63, 3.8) is 0 Å². The molecule has 1 aliphatic heterocycles. The first-order chi connectivity index (χ1) is 8.82. The molecule has 0 radical (unpaired) electrons. The van der Waals surface area contributed by atoms with E-state index in [1.165, 1.54) is 5.32 Å². The number of hydrogen-bond donors (Lipinski definition) is 2. The van der Waals surface area contributed by atoms with Crippen molar-refractivity contribution in [2.75, 3.05) is 39.0 Å². The quantitative estimate of drug-likeness (QED) is 0.513. The summed E-state index contributed by atoms with van der Waals surface area (Å²) in [7, 11) is 0. The third-order valence-corrected chi connectivity index (χ3v) is 0.622. The zero-order chi connectivity index (χ0) is 17.3. The highest BCUT2D eigenvalue weighted by Gasteiger charge is 2.06. The molecule has 0 aliphatic carbocycles. The summed E-state index contributed by atoms with van der Waals surface area (Å²) in [4.78, 5) is -0.594. The van der Waals surface area contributed by atoms with Crippen LogP contribution in [0.3, 0.4) is 0 Å². The van der Waals surface area contributed by atoms with Crippen LogP contribution in [0.4, 0.5) is 0 Å². The van der Waals surface area contributed by atoms with Crippen molar-refractivity contribution in [1.82, 2.24) is 10.2 Å². The molecule has 0 bridgehead atoms. The molecule has 0 unspecified atom stereocenters. The molecule has 1 fully saturated rings. The van der Waals surface area contributed by atoms with Crippen LogP contribution in [-0.2, 0) is 0 Å². The molecule has 0 aromatic carbocycles. The van der Waals surface area contributed by atoms with Crippen LogP contribution in [-0.4, -0.2) is 49.0 Å². The van der Waals surface area contributed by atoms with Gasteiger partial charge in [0.2, 0.25) is 0 Å². The summed E-state index contributed by atoms with van der Waals surface area (Å²) < 4.78 is 89.0. The lowest BCUT2D eigenvalue weighted by Gasteiger charge is -2.25. The molecule has 0 amide bonds. The van der Waals surface area contributed by atoms with Crippen molar-refractivity contribution in [1.29, 1.82) is 0 Å². The highest BCUT2D eigenvalue weighted by atomic mass is 16.3. The Bertz CT molecular complexity index is 391. The van der Waals surface area contributed by atoms with Gasteiger partial charge in [-0.05, 0) is 0 Å². The predicted molar refractivity (Wildman–Crippen MR) is 36.4 cm³/mol. The van der Waals surface area contributed by atoms with Gasteiger partial charge in [0.1, 0.15) is 0 Å². The maximum atomic E-state index is 9.22. The van der Waals surface area contributed by atoms with Crippen LogP contribution < -0.4 is 5.32 Å². The minimum Gasteiger partial charge on any atom is -0.395 e. The molecule has 9 heavy (non-hydrogen) atoms. The number of hydrogen-bond acceptors (Lipinski definition) is 3. The maximum Gasteiger partial charge on any atom is 0.0577 e. The van der Waals surface area contributed by atoms with Gasteiger partial charge in [-0.3, -0.25) is 4.90 Å². The SMILES string of the molecule is [2H]C([2H])(O)C([2H])([2H])N1C([2H])([2H])C([2H])([2H])NC([2H])([2H])C1([2H])[2H]. The number of nitrogens with one attached hydrogen (secondary N) is 1. The summed E-state index contributed by atoms with van der Waals surface area (Å²) in [6, 6.07) is 0. The van der Waals surface area contributed by atoms with Crippen LogP contribution in [0.5, 0.6) is 0 Å². The Hall–Kier alpha value is -0.120. The fourth-order valence-electron chi connectivity index (χ4n) is 0.333. The third-order valence-electron chi connectivity index (χ3n) is 0.622. The third kappa shape index (κ3) is 2.30. The van der Waals surface area contributed by atoms with Crippen LogP contribution in [0.2, 0.25) is 0 Å². The van der Waals surface area contributed by atoms with Gasteiger partial charge in [0, 0.05) is 46.2 Å². The Morgan fingerprint density at radius 2 is 2.33 bits per heavy atom. The molecule has 2 N–H and O–H groups in total. The van der Waals surface area contributed by atoms with Crippen molar-refractivity contribution in [2.24, 2.45) is 0 Å². The monoisotopic (exact) mass is 142 g/mol. The molecule has 54 valence electrons. The van der Waals surface area contributed by atoms with E-state index < -0.39 is 43.9 Å². The molecule has 1 aliphatic rings. The zero-order valence-electron chi connectivity index (χ0n) is 16.4. The second kappa shape index (κ2) is 3.82. The van der Waals surface area contributed by atoms with Crippen molar-refractivity contribution in [2.45, 2.75) is 0 Å². The Labute approximate surface area is 72.5 Å². The summed E-state index contributed by atoms with van der Waals surface area (Å²) in [5, 5.41) is 10.7. The molecule has 0 atom stereocenters. The summed E-state index contributed by atoms with van der Waals surface area (Å²) in [6.07, 6.45) is 0. The van der Waals surface area contributed by atoms with Gasteiger partial charge in [0.05, 0.1) is 9.30 Å². The van der Waals surface area contributed by atoms with Gasteiger partial charge in [-0.1, -0.05) is 0 Å². The first-order valence-electron chi connectivity index (χ1n) is 8.14. The van der Waals surface area contributed by atoms with E-state index in [2.05, 4.69) is 0 Å². The highest BCUT2D eigenvalue weighted by molar-refractivity contribution is 4.66. The minimum atomic E-state index is -3.78. The number of nitrogens with zero attached hydrogens (tertiary/aromatic N) is 1. The largest absolute Gasteiger partial charge is 0.395 e. The fourth-order valence-corrected chi connectivity index (χ4v) is 0.333. The summed E-state index contributed by atoms with van der Waals surface area (Å²) in [5.41, 5.74) is 0. The Morgan fingerprint density at radius 3 is 2.89 bits per heavy atom. The van der Waals surface area contributed by atoms with E-state index in [1.807, 2.05) is 0 Å². The van der Waals surface area contributed by atoms with Gasteiger partial charge in [-0.25, -0.2) is 0 Å². The lowest BCUT2D eigenvalue weighted by Crippen LogP contribution is -2.44. The van der Waals surface area contributed by atoms with Crippen molar-refractivity contribution < 1.29 is 21.6 Å². The van der Waals surface area contributed by atoms with Gasteiger partial charge in [-0.15, -0.1) is 0 Å². The smallest absolute Gasteiger partial charge is 0.0577 e. The van der Waals surface area contributed by atoms with Crippen LogP contribution >= 0.6 is 0 Å². The summed E-state index contributed by atoms with van der Waals surface area (Å²) in [6.45, 7) is -21.1. The molecule has 0 aromatic heterocycles. The standard InChI is InChI=1S/C6H14N2O/c9-6-5-8-3-1-7-2-4-8/h7,9H,1-6H2/i1D2,2D2,3D2,4D2,5D2,6D2. The normalized spacial score (nSPS) is 67.7. The van der Waals surface area contributed by atoms with E-state index in [1.54, 1.807) is 0 Å². The molecule has 1 heterocycles. The van der Waals surface area contributed by atoms with Crippen molar-refractivity contribution >= 4 is 0 Å². The summed E-state index contributed by atoms with van der Waals surface area (Å²) in [5.74, 6) is 0.